The summed E-state index contributed by atoms with van der Waals surface area (Å²) >= 11 is 0. The van der Waals surface area contributed by atoms with E-state index < -0.39 is 16.5 Å². The van der Waals surface area contributed by atoms with Crippen LogP contribution in [-0.4, -0.2) is 50.7 Å². The Kier molecular flexibility index (Phi) is 5.23. The Bertz CT molecular complexity index is 207. The average Bonchev–Trinajstić information content (AvgIpc) is 1.25. The van der Waals surface area contributed by atoms with Crippen LogP contribution in [0.3, 0.4) is 0 Å². The van der Waals surface area contributed by atoms with Crippen LogP contribution >= 0.6 is 6.80 Å². The molecule has 50 valence electrons. The van der Waals surface area contributed by atoms with Crippen LogP contribution in [0, 0.1) is 0 Å². The van der Waals surface area contributed by atoms with Gasteiger partial charge in [-0.2, -0.15) is 8.42 Å². The fourth-order valence-electron chi connectivity index (χ4n) is 0. The monoisotopic (exact) mass is 200 g/mol. The van der Waals surface area contributed by atoms with E-state index in [1.165, 1.54) is 0 Å². The predicted octanol–water partition coefficient (Wildman–Crippen LogP) is -2.68. The van der Waals surface area contributed by atoms with Crippen LogP contribution in [0.4, 0.5) is 0 Å². The van der Waals surface area contributed by atoms with Crippen LogP contribution < -0.4 is 9.79 Å². The maximum absolute atomic E-state index is 9.32. The maximum atomic E-state index is 9.32. The van der Waals surface area contributed by atoms with Crippen molar-refractivity contribution in [3.8, 4) is 0 Å². The summed E-state index contributed by atoms with van der Waals surface area (Å²) in [5.74, 6) is 0. The molecule has 0 heterocycles. The number of rotatable bonds is 1. The molecule has 0 aromatic heterocycles. The second-order valence-electron chi connectivity index (χ2n) is 0.895. The third-order valence-electron chi connectivity index (χ3n) is 0.283. The van der Waals surface area contributed by atoms with Gasteiger partial charge in [0.25, 0.3) is 9.74 Å². The number of hydrogen-bond acceptors (Lipinski definition) is 5. The van der Waals surface area contributed by atoms with Crippen LogP contribution in [0.1, 0.15) is 0 Å². The maximum Gasteiger partial charge on any atom is 2.00 e. The van der Waals surface area contributed by atoms with Gasteiger partial charge in [0.1, 0.15) is 0 Å². The molecule has 0 bridgehead atoms. The Hall–Kier alpha value is 1.32. The summed E-state index contributed by atoms with van der Waals surface area (Å²) in [4.78, 5) is 18.6. The fourth-order valence-corrected chi connectivity index (χ4v) is 0. The molecule has 0 spiro atoms. The molecule has 0 atom stereocenters. The SMILES string of the molecule is O=P([O-])([O-])S(=O)(=O)O.[Ca+2]. The van der Waals surface area contributed by atoms with E-state index in [1.807, 2.05) is 0 Å². The van der Waals surface area contributed by atoms with Gasteiger partial charge in [-0.25, -0.2) is 0 Å². The molecule has 0 amide bonds. The Morgan fingerprint density at radius 1 is 1.33 bits per heavy atom. The molecule has 0 unspecified atom stereocenters. The van der Waals surface area contributed by atoms with Crippen LogP contribution in [-0.2, 0) is 14.3 Å². The van der Waals surface area contributed by atoms with E-state index in [0.717, 1.165) is 0 Å². The molecule has 0 saturated carbocycles. The minimum Gasteiger partial charge on any atom is -0.798 e. The van der Waals surface area contributed by atoms with Gasteiger partial charge in [0.05, 0.1) is 6.80 Å². The third-order valence-corrected chi connectivity index (χ3v) is 2.54. The summed E-state index contributed by atoms with van der Waals surface area (Å²) in [5.41, 5.74) is 0. The van der Waals surface area contributed by atoms with E-state index in [1.54, 1.807) is 0 Å². The van der Waals surface area contributed by atoms with Crippen molar-refractivity contribution in [1.29, 1.82) is 0 Å². The van der Waals surface area contributed by atoms with Gasteiger partial charge in [-0.05, 0) is 0 Å². The van der Waals surface area contributed by atoms with E-state index in [-0.39, 0.29) is 37.7 Å². The Labute approximate surface area is 80.9 Å². The van der Waals surface area contributed by atoms with E-state index >= 15 is 0 Å². The number of hydrogen-bond donors (Lipinski definition) is 1. The van der Waals surface area contributed by atoms with E-state index in [9.17, 15) is 22.8 Å². The summed E-state index contributed by atoms with van der Waals surface area (Å²) in [6.07, 6.45) is 0. The molecule has 0 aromatic rings. The second kappa shape index (κ2) is 3.64. The molecule has 6 nitrogen and oxygen atoms in total. The van der Waals surface area contributed by atoms with Crippen molar-refractivity contribution in [2.45, 2.75) is 0 Å². The predicted molar refractivity (Wildman–Crippen MR) is 24.9 cm³/mol. The van der Waals surface area contributed by atoms with Gasteiger partial charge in [-0.1, -0.05) is 0 Å². The molecular formula is HCaO6PS. The summed E-state index contributed by atoms with van der Waals surface area (Å²) in [6.45, 7) is -5.82. The van der Waals surface area contributed by atoms with Gasteiger partial charge in [0.15, 0.2) is 0 Å². The van der Waals surface area contributed by atoms with Gasteiger partial charge >= 0.3 is 37.7 Å². The topological polar surface area (TPSA) is 118 Å². The van der Waals surface area contributed by atoms with Gasteiger partial charge in [-0.15, -0.1) is 0 Å². The molecule has 0 aliphatic rings. The van der Waals surface area contributed by atoms with Gasteiger partial charge in [0.2, 0.25) is 0 Å². The van der Waals surface area contributed by atoms with Gasteiger partial charge < -0.3 is 14.4 Å². The molecule has 1 N–H and O–H groups in total. The first-order valence-corrected chi connectivity index (χ1v) is 4.83. The van der Waals surface area contributed by atoms with Crippen molar-refractivity contribution in [2.75, 3.05) is 0 Å². The average molecular weight is 200 g/mol. The normalized spacial score (nSPS) is 12.3. The van der Waals surface area contributed by atoms with Gasteiger partial charge in [-0.3, -0.25) is 4.55 Å². The zero-order chi connectivity index (χ0) is 7.00. The molecule has 9 heavy (non-hydrogen) atoms. The molecule has 0 fully saturated rings. The molecule has 0 rings (SSSR count). The molecule has 0 radical (unpaired) electrons. The minimum atomic E-state index is -5.82. The first-order chi connectivity index (χ1) is 3.25. The molecule has 0 aromatic carbocycles. The molecule has 0 saturated heterocycles. The zero-order valence-electron chi connectivity index (χ0n) is 4.05. The van der Waals surface area contributed by atoms with Crippen molar-refractivity contribution in [3.05, 3.63) is 0 Å². The molecule has 0 aliphatic heterocycles. The quantitative estimate of drug-likeness (QED) is 0.280. The fraction of sp³-hybridized carbons (Fsp3) is 0. The second-order valence-corrected chi connectivity index (χ2v) is 5.41. The summed E-state index contributed by atoms with van der Waals surface area (Å²) in [6, 6.07) is 0. The largest absolute Gasteiger partial charge is 2.00 e. The summed E-state index contributed by atoms with van der Waals surface area (Å²) in [5, 5.41) is 0. The Morgan fingerprint density at radius 2 is 1.44 bits per heavy atom. The summed E-state index contributed by atoms with van der Waals surface area (Å²) in [7, 11) is -5.40. The van der Waals surface area contributed by atoms with E-state index in [2.05, 4.69) is 0 Å². The van der Waals surface area contributed by atoms with Crippen molar-refractivity contribution in [1.82, 2.24) is 0 Å². The first kappa shape index (κ1) is 12.9. The Balaban J connectivity index is 0. The van der Waals surface area contributed by atoms with Crippen LogP contribution in [0.15, 0.2) is 0 Å². The van der Waals surface area contributed by atoms with Crippen LogP contribution in [0.5, 0.6) is 0 Å². The molecule has 0 aliphatic carbocycles. The minimum absolute atomic E-state index is 0. The summed E-state index contributed by atoms with van der Waals surface area (Å²) < 4.78 is 35.4. The Morgan fingerprint density at radius 3 is 1.44 bits per heavy atom. The third kappa shape index (κ3) is 4.69. The van der Waals surface area contributed by atoms with Crippen LogP contribution in [0.2, 0.25) is 0 Å². The van der Waals surface area contributed by atoms with Gasteiger partial charge in [0, 0.05) is 0 Å². The van der Waals surface area contributed by atoms with Crippen molar-refractivity contribution in [2.24, 2.45) is 0 Å². The molecule has 9 heteroatoms. The standard InChI is InChI=1S/Ca.H3O6PS/c;1-7(2,3)8(4,5)6/h;(H2,1,2,3)(H,4,5,6)/q+2;/p-2. The van der Waals surface area contributed by atoms with E-state index in [0.29, 0.717) is 0 Å². The van der Waals surface area contributed by atoms with Crippen LogP contribution in [0.25, 0.3) is 0 Å². The smallest absolute Gasteiger partial charge is 0.798 e. The zero-order valence-corrected chi connectivity index (χ0v) is 7.97. The van der Waals surface area contributed by atoms with E-state index in [4.69, 9.17) is 4.55 Å². The first-order valence-electron chi connectivity index (χ1n) is 1.25. The van der Waals surface area contributed by atoms with Crippen molar-refractivity contribution < 1.29 is 27.3 Å². The van der Waals surface area contributed by atoms with Crippen molar-refractivity contribution in [3.63, 3.8) is 0 Å². The van der Waals surface area contributed by atoms with Crippen molar-refractivity contribution >= 4 is 54.3 Å². The molecular weight excluding hydrogens is 199 g/mol.